The molecule has 0 amide bonds. The van der Waals surface area contributed by atoms with Crippen molar-refractivity contribution in [1.82, 2.24) is 4.90 Å². The molecule has 2 aromatic carbocycles. The molecule has 1 unspecified atom stereocenters. The Hall–Kier alpha value is -2.20. The van der Waals surface area contributed by atoms with E-state index in [1.54, 1.807) is 21.3 Å². The Morgan fingerprint density at radius 1 is 0.968 bits per heavy atom. The summed E-state index contributed by atoms with van der Waals surface area (Å²) in [6.07, 6.45) is 3.73. The summed E-state index contributed by atoms with van der Waals surface area (Å²) < 4.78 is 15.9. The Bertz CT molecular complexity index is 839. The van der Waals surface area contributed by atoms with Crippen molar-refractivity contribution in [3.05, 3.63) is 48.0 Å². The number of guanidine groups is 1. The van der Waals surface area contributed by atoms with Gasteiger partial charge in [-0.15, -0.1) is 24.0 Å². The Labute approximate surface area is 202 Å². The molecule has 8 heteroatoms. The first kappa shape index (κ1) is 25.1. The van der Waals surface area contributed by atoms with Crippen LogP contribution in [0.4, 0.5) is 5.69 Å². The van der Waals surface area contributed by atoms with E-state index in [1.807, 2.05) is 30.3 Å². The van der Waals surface area contributed by atoms with Gasteiger partial charge >= 0.3 is 0 Å². The Balaban J connectivity index is 0.00000341. The molecule has 1 aliphatic rings. The number of ether oxygens (including phenoxy) is 3. The molecule has 0 spiro atoms. The quantitative estimate of drug-likeness (QED) is 0.296. The van der Waals surface area contributed by atoms with Gasteiger partial charge in [0.1, 0.15) is 5.75 Å². The highest BCUT2D eigenvalue weighted by atomic mass is 127. The van der Waals surface area contributed by atoms with Crippen molar-refractivity contribution in [2.45, 2.75) is 25.3 Å². The van der Waals surface area contributed by atoms with Crippen molar-refractivity contribution in [3.63, 3.8) is 0 Å². The van der Waals surface area contributed by atoms with Gasteiger partial charge in [0.25, 0.3) is 0 Å². The average Bonchev–Trinajstić information content (AvgIpc) is 2.80. The highest BCUT2D eigenvalue weighted by Crippen LogP contribution is 2.30. The van der Waals surface area contributed by atoms with E-state index in [1.165, 1.54) is 24.8 Å². The number of halogens is 1. The summed E-state index contributed by atoms with van der Waals surface area (Å²) in [5, 5.41) is 3.15. The van der Waals surface area contributed by atoms with Crippen LogP contribution in [0.3, 0.4) is 0 Å². The minimum Gasteiger partial charge on any atom is -0.497 e. The lowest BCUT2D eigenvalue weighted by Crippen LogP contribution is -2.36. The van der Waals surface area contributed by atoms with Crippen LogP contribution in [0.1, 0.15) is 30.9 Å². The summed E-state index contributed by atoms with van der Waals surface area (Å²) >= 11 is 0. The van der Waals surface area contributed by atoms with E-state index < -0.39 is 0 Å². The highest BCUT2D eigenvalue weighted by molar-refractivity contribution is 14.0. The Morgan fingerprint density at radius 2 is 1.65 bits per heavy atom. The second-order valence-corrected chi connectivity index (χ2v) is 7.31. The molecular weight excluding hydrogens is 507 g/mol. The van der Waals surface area contributed by atoms with E-state index in [0.717, 1.165) is 24.5 Å². The molecule has 0 saturated carbocycles. The second kappa shape index (κ2) is 12.6. The zero-order valence-corrected chi connectivity index (χ0v) is 20.8. The predicted octanol–water partition coefficient (Wildman–Crippen LogP) is 4.28. The number of nitrogens with one attached hydrogen (secondary N) is 1. The number of hydrogen-bond donors (Lipinski definition) is 2. The molecule has 170 valence electrons. The first-order valence-corrected chi connectivity index (χ1v) is 10.3. The molecule has 31 heavy (non-hydrogen) atoms. The van der Waals surface area contributed by atoms with Crippen molar-refractivity contribution in [2.24, 2.45) is 10.7 Å². The lowest BCUT2D eigenvalue weighted by Gasteiger charge is -2.34. The lowest BCUT2D eigenvalue weighted by atomic mass is 10.0. The number of piperidine rings is 1. The maximum atomic E-state index is 6.20. The van der Waals surface area contributed by atoms with Gasteiger partial charge in [-0.2, -0.15) is 0 Å². The number of nitrogens with zero attached hydrogens (tertiary/aromatic N) is 2. The molecule has 0 aliphatic carbocycles. The Morgan fingerprint density at radius 3 is 2.26 bits per heavy atom. The maximum absolute atomic E-state index is 6.20. The van der Waals surface area contributed by atoms with Crippen LogP contribution >= 0.6 is 24.0 Å². The molecule has 1 heterocycles. The average molecular weight is 540 g/mol. The number of nitrogens with two attached hydrogens (primary N) is 1. The standard InChI is InChI=1S/C23H32N4O3.HI/c1-28-19-10-7-17(8-11-19)20(27-13-5-4-6-14-27)16-25-23(24)26-18-9-12-21(29-2)22(15-18)30-3;/h7-12,15,20H,4-6,13-14,16H2,1-3H3,(H3,24,25,26);1H. The molecule has 1 fully saturated rings. The van der Waals surface area contributed by atoms with Gasteiger partial charge < -0.3 is 25.3 Å². The number of anilines is 1. The topological polar surface area (TPSA) is 81.3 Å². The van der Waals surface area contributed by atoms with Gasteiger partial charge in [0.2, 0.25) is 0 Å². The molecular formula is C23H33IN4O3. The van der Waals surface area contributed by atoms with E-state index in [-0.39, 0.29) is 30.0 Å². The predicted molar refractivity (Wildman–Crippen MR) is 136 cm³/mol. The van der Waals surface area contributed by atoms with Crippen molar-refractivity contribution >= 4 is 35.6 Å². The van der Waals surface area contributed by atoms with E-state index in [2.05, 4.69) is 27.3 Å². The summed E-state index contributed by atoms with van der Waals surface area (Å²) in [5.41, 5.74) is 8.22. The molecule has 0 aromatic heterocycles. The smallest absolute Gasteiger partial charge is 0.193 e. The number of methoxy groups -OCH3 is 3. The van der Waals surface area contributed by atoms with Crippen LogP contribution < -0.4 is 25.3 Å². The summed E-state index contributed by atoms with van der Waals surface area (Å²) in [6.45, 7) is 2.74. The first-order chi connectivity index (χ1) is 14.6. The van der Waals surface area contributed by atoms with Crippen LogP contribution in [0.15, 0.2) is 47.5 Å². The number of likely N-dealkylation sites (tertiary alicyclic amines) is 1. The maximum Gasteiger partial charge on any atom is 0.193 e. The third-order valence-electron chi connectivity index (χ3n) is 5.42. The summed E-state index contributed by atoms with van der Waals surface area (Å²) in [4.78, 5) is 7.15. The fourth-order valence-electron chi connectivity index (χ4n) is 3.77. The highest BCUT2D eigenvalue weighted by Gasteiger charge is 2.22. The van der Waals surface area contributed by atoms with Gasteiger partial charge in [0.05, 0.1) is 33.9 Å². The molecule has 2 aromatic rings. The van der Waals surface area contributed by atoms with Crippen molar-refractivity contribution in [3.8, 4) is 17.2 Å². The van der Waals surface area contributed by atoms with E-state index >= 15 is 0 Å². The molecule has 3 rings (SSSR count). The molecule has 0 bridgehead atoms. The van der Waals surface area contributed by atoms with Crippen LogP contribution in [0.5, 0.6) is 17.2 Å². The zero-order chi connectivity index (χ0) is 21.3. The van der Waals surface area contributed by atoms with E-state index in [9.17, 15) is 0 Å². The normalized spacial score (nSPS) is 15.5. The molecule has 1 saturated heterocycles. The SMILES string of the molecule is COc1ccc(C(CN=C(N)Nc2ccc(OC)c(OC)c2)N2CCCCC2)cc1.I. The lowest BCUT2D eigenvalue weighted by molar-refractivity contribution is 0.168. The number of aliphatic imine (C=N–C) groups is 1. The largest absolute Gasteiger partial charge is 0.497 e. The second-order valence-electron chi connectivity index (χ2n) is 7.31. The summed E-state index contributed by atoms with van der Waals surface area (Å²) in [6, 6.07) is 14.0. The zero-order valence-electron chi connectivity index (χ0n) is 18.5. The van der Waals surface area contributed by atoms with Gasteiger partial charge in [-0.05, 0) is 55.8 Å². The van der Waals surface area contributed by atoms with Crippen LogP contribution in [0, 0.1) is 0 Å². The fraction of sp³-hybridized carbons (Fsp3) is 0.435. The molecule has 7 nitrogen and oxygen atoms in total. The van der Waals surface area contributed by atoms with Crippen LogP contribution in [0.25, 0.3) is 0 Å². The minimum absolute atomic E-state index is 0. The third-order valence-corrected chi connectivity index (χ3v) is 5.42. The first-order valence-electron chi connectivity index (χ1n) is 10.3. The molecule has 1 atom stereocenters. The van der Waals surface area contributed by atoms with Crippen LogP contribution in [-0.4, -0.2) is 51.8 Å². The Kier molecular flexibility index (Phi) is 10.2. The van der Waals surface area contributed by atoms with Crippen molar-refractivity contribution < 1.29 is 14.2 Å². The molecule has 0 radical (unpaired) electrons. The van der Waals surface area contributed by atoms with Gasteiger partial charge in [0, 0.05) is 11.8 Å². The van der Waals surface area contributed by atoms with Gasteiger partial charge in [0.15, 0.2) is 17.5 Å². The minimum atomic E-state index is 0. The number of benzene rings is 2. The summed E-state index contributed by atoms with van der Waals surface area (Å²) in [7, 11) is 4.90. The number of hydrogen-bond acceptors (Lipinski definition) is 5. The van der Waals surface area contributed by atoms with Crippen LogP contribution in [0.2, 0.25) is 0 Å². The molecule has 3 N–H and O–H groups in total. The number of rotatable bonds is 8. The summed E-state index contributed by atoms with van der Waals surface area (Å²) in [5.74, 6) is 2.54. The third kappa shape index (κ3) is 6.90. The fourth-order valence-corrected chi connectivity index (χ4v) is 3.77. The monoisotopic (exact) mass is 540 g/mol. The molecule has 1 aliphatic heterocycles. The van der Waals surface area contributed by atoms with Crippen molar-refractivity contribution in [1.29, 1.82) is 0 Å². The van der Waals surface area contributed by atoms with E-state index in [4.69, 9.17) is 19.9 Å². The van der Waals surface area contributed by atoms with Gasteiger partial charge in [-0.3, -0.25) is 9.89 Å². The van der Waals surface area contributed by atoms with Gasteiger partial charge in [-0.25, -0.2) is 0 Å². The van der Waals surface area contributed by atoms with Gasteiger partial charge in [-0.1, -0.05) is 18.6 Å². The van der Waals surface area contributed by atoms with Crippen molar-refractivity contribution in [2.75, 3.05) is 46.3 Å². The van der Waals surface area contributed by atoms with E-state index in [0.29, 0.717) is 24.0 Å². The van der Waals surface area contributed by atoms with Crippen LogP contribution in [-0.2, 0) is 0 Å².